The fourth-order valence-corrected chi connectivity index (χ4v) is 6.76. The topological polar surface area (TPSA) is 64.1 Å². The molecule has 1 saturated heterocycles. The molecule has 0 bridgehead atoms. The molecule has 4 aromatic carbocycles. The van der Waals surface area contributed by atoms with Gasteiger partial charge in [0.05, 0.1) is 17.8 Å². The minimum atomic E-state index is 0.414. The number of carbonyl (C=O) groups is 1. The highest BCUT2D eigenvalue weighted by Crippen LogP contribution is 2.36. The number of aldehydes is 1. The average Bonchev–Trinajstić information content (AvgIpc) is 3.17. The average molecular weight is 730 g/mol. The Morgan fingerprint density at radius 1 is 0.830 bits per heavy atom. The van der Waals surface area contributed by atoms with Crippen LogP contribution in [0.5, 0.6) is 23.1 Å². The van der Waals surface area contributed by atoms with E-state index in [0.29, 0.717) is 41.5 Å². The molecule has 8 heteroatoms. The van der Waals surface area contributed by atoms with Gasteiger partial charge >= 0.3 is 0 Å². The molecule has 1 aliphatic heterocycles. The fourth-order valence-electron chi connectivity index (χ4n) is 6.46. The fraction of sp³-hybridized carbons (Fsp3) is 0.289. The molecule has 0 unspecified atom stereocenters. The molecule has 6 rings (SSSR count). The Morgan fingerprint density at radius 3 is 2.21 bits per heavy atom. The minimum Gasteiger partial charge on any atom is -0.493 e. The second-order valence-electron chi connectivity index (χ2n) is 13.8. The van der Waals surface area contributed by atoms with Crippen molar-refractivity contribution in [3.8, 4) is 23.1 Å². The predicted molar refractivity (Wildman–Crippen MR) is 213 cm³/mol. The number of aryl methyl sites for hydroxylation is 2. The van der Waals surface area contributed by atoms with Crippen molar-refractivity contribution in [3.05, 3.63) is 153 Å². The van der Waals surface area contributed by atoms with Crippen molar-refractivity contribution in [1.82, 2.24) is 14.8 Å². The van der Waals surface area contributed by atoms with Gasteiger partial charge in [0, 0.05) is 57.0 Å². The maximum absolute atomic E-state index is 11.8. The van der Waals surface area contributed by atoms with Gasteiger partial charge in [0.1, 0.15) is 24.4 Å². The van der Waals surface area contributed by atoms with Gasteiger partial charge in [-0.25, -0.2) is 4.98 Å². The molecule has 1 aromatic heterocycles. The Kier molecular flexibility index (Phi) is 12.8. The van der Waals surface area contributed by atoms with Gasteiger partial charge in [-0.1, -0.05) is 86.1 Å². The van der Waals surface area contributed by atoms with Crippen LogP contribution in [0.1, 0.15) is 58.7 Å². The number of allylic oxidation sites excluding steroid dienone is 1. The molecule has 0 atom stereocenters. The number of aromatic nitrogens is 1. The van der Waals surface area contributed by atoms with Crippen molar-refractivity contribution in [2.24, 2.45) is 0 Å². The molecule has 1 fully saturated rings. The summed E-state index contributed by atoms with van der Waals surface area (Å²) in [5, 5.41) is 0.451. The molecular formula is C45H48ClN3O4. The van der Waals surface area contributed by atoms with E-state index in [0.717, 1.165) is 73.6 Å². The summed E-state index contributed by atoms with van der Waals surface area (Å²) in [6.45, 7) is 13.8. The van der Waals surface area contributed by atoms with Crippen LogP contribution in [-0.2, 0) is 24.4 Å². The number of piperazine rings is 1. The van der Waals surface area contributed by atoms with Gasteiger partial charge in [-0.05, 0) is 89.0 Å². The zero-order valence-electron chi connectivity index (χ0n) is 31.1. The molecule has 0 amide bonds. The van der Waals surface area contributed by atoms with Crippen molar-refractivity contribution < 1.29 is 19.0 Å². The summed E-state index contributed by atoms with van der Waals surface area (Å²) in [6, 6.07) is 32.9. The quantitative estimate of drug-likeness (QED) is 0.0785. The summed E-state index contributed by atoms with van der Waals surface area (Å²) < 4.78 is 18.0. The van der Waals surface area contributed by atoms with E-state index >= 15 is 0 Å². The highest BCUT2D eigenvalue weighted by molar-refractivity contribution is 6.32. The summed E-state index contributed by atoms with van der Waals surface area (Å²) >= 11 is 6.80. The van der Waals surface area contributed by atoms with Crippen molar-refractivity contribution in [3.63, 3.8) is 0 Å². The number of hydrogen-bond donors (Lipinski definition) is 0. The first-order valence-corrected chi connectivity index (χ1v) is 18.7. The van der Waals surface area contributed by atoms with Gasteiger partial charge in [0.2, 0.25) is 5.88 Å². The van der Waals surface area contributed by atoms with Crippen LogP contribution in [0.25, 0.3) is 5.70 Å². The van der Waals surface area contributed by atoms with Crippen LogP contribution >= 0.6 is 11.6 Å². The Morgan fingerprint density at radius 2 is 1.55 bits per heavy atom. The Balaban J connectivity index is 0.991. The molecule has 5 aromatic rings. The smallest absolute Gasteiger partial charge is 0.219 e. The van der Waals surface area contributed by atoms with Crippen LogP contribution in [0.2, 0.25) is 5.02 Å². The molecule has 0 radical (unpaired) electrons. The van der Waals surface area contributed by atoms with Crippen molar-refractivity contribution in [2.75, 3.05) is 32.8 Å². The third kappa shape index (κ3) is 10.3. The van der Waals surface area contributed by atoms with Crippen molar-refractivity contribution in [2.45, 2.75) is 53.2 Å². The zero-order valence-corrected chi connectivity index (χ0v) is 31.8. The number of pyridine rings is 1. The van der Waals surface area contributed by atoms with E-state index < -0.39 is 0 Å². The lowest BCUT2D eigenvalue weighted by Crippen LogP contribution is -2.45. The Hall–Kier alpha value is -5.11. The van der Waals surface area contributed by atoms with Gasteiger partial charge in [-0.15, -0.1) is 0 Å². The Labute approximate surface area is 318 Å². The first kappa shape index (κ1) is 37.6. The normalized spacial score (nSPS) is 13.6. The summed E-state index contributed by atoms with van der Waals surface area (Å²) in [5.74, 6) is 3.03. The maximum Gasteiger partial charge on any atom is 0.219 e. The molecule has 1 aliphatic rings. The first-order chi connectivity index (χ1) is 25.7. The number of halogens is 1. The molecule has 7 nitrogen and oxygen atoms in total. The standard InChI is InChI=1S/C45H48ClN3O4/c1-32(2)37-13-15-40(16-14-37)51-26-20-35-9-11-36(12-10-35)30-48-21-23-49(24-22-48)43(19-25-50)39-27-34(4)45(42(46)28-39)53-44-18-17-41(29-47-44)52-31-38-8-6-5-7-33(38)3/h5-19,25,27-29,32H,20-24,26,30-31H2,1-4H3/b43-19+. The lowest BCUT2D eigenvalue weighted by molar-refractivity contribution is -0.104. The number of benzene rings is 4. The van der Waals surface area contributed by atoms with E-state index in [9.17, 15) is 4.79 Å². The molecule has 0 saturated carbocycles. The van der Waals surface area contributed by atoms with Gasteiger partial charge in [-0.2, -0.15) is 0 Å². The van der Waals surface area contributed by atoms with Crippen LogP contribution in [-0.4, -0.2) is 53.9 Å². The van der Waals surface area contributed by atoms with Crippen LogP contribution < -0.4 is 14.2 Å². The van der Waals surface area contributed by atoms with Crippen molar-refractivity contribution in [1.29, 1.82) is 0 Å². The number of rotatable bonds is 15. The first-order valence-electron chi connectivity index (χ1n) is 18.3. The second-order valence-corrected chi connectivity index (χ2v) is 14.3. The number of nitrogens with zero attached hydrogens (tertiary/aromatic N) is 3. The zero-order chi connectivity index (χ0) is 37.2. The van der Waals surface area contributed by atoms with E-state index in [1.807, 2.05) is 37.3 Å². The summed E-state index contributed by atoms with van der Waals surface area (Å²) in [6.07, 6.45) is 4.98. The third-order valence-corrected chi connectivity index (χ3v) is 9.95. The number of hydrogen-bond acceptors (Lipinski definition) is 7. The largest absolute Gasteiger partial charge is 0.493 e. The van der Waals surface area contributed by atoms with E-state index in [2.05, 4.69) is 96.2 Å². The lowest BCUT2D eigenvalue weighted by atomic mass is 10.0. The third-order valence-electron chi connectivity index (χ3n) is 9.67. The molecule has 274 valence electrons. The SMILES string of the molecule is Cc1ccccc1COc1ccc(Oc2c(C)cc(/C(=C\C=O)N3CCN(Cc4ccc(CCOc5ccc(C(C)C)cc5)cc4)CC3)cc2Cl)nc1. The van der Waals surface area contributed by atoms with E-state index in [4.69, 9.17) is 25.8 Å². The minimum absolute atomic E-state index is 0.414. The van der Waals surface area contributed by atoms with E-state index in [-0.39, 0.29) is 0 Å². The Bertz CT molecular complexity index is 1960. The monoisotopic (exact) mass is 729 g/mol. The van der Waals surface area contributed by atoms with Crippen LogP contribution in [0, 0.1) is 13.8 Å². The molecule has 53 heavy (non-hydrogen) atoms. The van der Waals surface area contributed by atoms with Crippen LogP contribution in [0.15, 0.2) is 109 Å². The van der Waals surface area contributed by atoms with Crippen LogP contribution in [0.4, 0.5) is 0 Å². The van der Waals surface area contributed by atoms with Gasteiger partial charge in [0.25, 0.3) is 0 Å². The molecule has 0 spiro atoms. The molecular weight excluding hydrogens is 682 g/mol. The molecule has 0 N–H and O–H groups in total. The molecule has 0 aliphatic carbocycles. The lowest BCUT2D eigenvalue weighted by Gasteiger charge is -2.37. The van der Waals surface area contributed by atoms with Gasteiger partial charge in [0.15, 0.2) is 5.75 Å². The second kappa shape index (κ2) is 18.1. The highest BCUT2D eigenvalue weighted by atomic mass is 35.5. The van der Waals surface area contributed by atoms with Crippen LogP contribution in [0.3, 0.4) is 0 Å². The number of ether oxygens (including phenoxy) is 3. The molecule has 2 heterocycles. The summed E-state index contributed by atoms with van der Waals surface area (Å²) in [4.78, 5) is 20.9. The maximum atomic E-state index is 11.8. The summed E-state index contributed by atoms with van der Waals surface area (Å²) in [5.41, 5.74) is 8.76. The van der Waals surface area contributed by atoms with E-state index in [1.54, 1.807) is 18.3 Å². The summed E-state index contributed by atoms with van der Waals surface area (Å²) in [7, 11) is 0. The van der Waals surface area contributed by atoms with Gasteiger partial charge < -0.3 is 19.1 Å². The number of carbonyl (C=O) groups excluding carboxylic acids is 1. The van der Waals surface area contributed by atoms with Crippen molar-refractivity contribution >= 4 is 23.6 Å². The van der Waals surface area contributed by atoms with Gasteiger partial charge in [-0.3, -0.25) is 9.69 Å². The highest BCUT2D eigenvalue weighted by Gasteiger charge is 2.22. The predicted octanol–water partition coefficient (Wildman–Crippen LogP) is 9.83. The van der Waals surface area contributed by atoms with E-state index in [1.165, 1.54) is 22.3 Å².